The second kappa shape index (κ2) is 8.68. The molecular weight excluding hydrogens is 316 g/mol. The molecule has 25 heavy (non-hydrogen) atoms. The smallest absolute Gasteiger partial charge is 0.225 e. The Bertz CT molecular complexity index is 553. The third kappa shape index (κ3) is 4.73. The van der Waals surface area contributed by atoms with Gasteiger partial charge < -0.3 is 20.1 Å². The van der Waals surface area contributed by atoms with Crippen LogP contribution in [0.4, 0.5) is 5.69 Å². The lowest BCUT2D eigenvalue weighted by Gasteiger charge is -2.33. The normalized spacial score (nSPS) is 25.0. The maximum absolute atomic E-state index is 12.3. The molecule has 1 aromatic rings. The van der Waals surface area contributed by atoms with Crippen LogP contribution in [-0.4, -0.2) is 43.4 Å². The molecule has 2 atom stereocenters. The van der Waals surface area contributed by atoms with E-state index in [-0.39, 0.29) is 17.9 Å². The number of ether oxygens (including phenoxy) is 1. The van der Waals surface area contributed by atoms with E-state index in [0.717, 1.165) is 50.9 Å². The van der Waals surface area contributed by atoms with E-state index in [4.69, 9.17) is 4.74 Å². The number of benzene rings is 1. The van der Waals surface area contributed by atoms with Crippen molar-refractivity contribution in [2.75, 3.05) is 31.2 Å². The van der Waals surface area contributed by atoms with Crippen LogP contribution in [0.25, 0.3) is 0 Å². The predicted molar refractivity (Wildman–Crippen MR) is 98.4 cm³/mol. The summed E-state index contributed by atoms with van der Waals surface area (Å²) >= 11 is 0. The molecule has 0 radical (unpaired) electrons. The number of hydrogen-bond acceptors (Lipinski definition) is 4. The summed E-state index contributed by atoms with van der Waals surface area (Å²) in [7, 11) is 0. The summed E-state index contributed by atoms with van der Waals surface area (Å²) in [6, 6.07) is 8.45. The number of aliphatic hydroxyl groups excluding tert-OH is 1. The molecule has 2 fully saturated rings. The lowest BCUT2D eigenvalue weighted by atomic mass is 9.94. The minimum absolute atomic E-state index is 0.0120. The maximum Gasteiger partial charge on any atom is 0.225 e. The number of carbonyl (C=O) groups is 1. The zero-order valence-corrected chi connectivity index (χ0v) is 15.1. The molecule has 5 heteroatoms. The maximum atomic E-state index is 12.3. The number of piperidine rings is 1. The van der Waals surface area contributed by atoms with Crippen molar-refractivity contribution in [3.05, 3.63) is 29.8 Å². The molecule has 2 aliphatic heterocycles. The summed E-state index contributed by atoms with van der Waals surface area (Å²) in [5, 5.41) is 12.3. The van der Waals surface area contributed by atoms with Crippen LogP contribution in [0, 0.1) is 11.8 Å². The number of amides is 1. The lowest BCUT2D eigenvalue weighted by Crippen LogP contribution is -2.39. The summed E-state index contributed by atoms with van der Waals surface area (Å²) in [6.07, 6.45) is 3.99. The molecule has 0 aromatic heterocycles. The van der Waals surface area contributed by atoms with Crippen molar-refractivity contribution in [2.24, 2.45) is 11.8 Å². The molecule has 0 unspecified atom stereocenters. The first-order chi connectivity index (χ1) is 12.2. The number of hydrogen-bond donors (Lipinski definition) is 2. The number of anilines is 1. The van der Waals surface area contributed by atoms with E-state index in [2.05, 4.69) is 34.5 Å². The number of nitrogens with one attached hydrogen (secondary N) is 1. The molecule has 2 N–H and O–H groups in total. The van der Waals surface area contributed by atoms with Gasteiger partial charge in [-0.2, -0.15) is 0 Å². The van der Waals surface area contributed by atoms with Crippen LogP contribution in [0.3, 0.4) is 0 Å². The number of nitrogens with zero attached hydrogens (tertiary/aromatic N) is 1. The SMILES string of the molecule is C[C@@H]1OCCC[C@@H]1C(=O)NCc1ccc(N2CCC(CO)CC2)cc1. The fourth-order valence-electron chi connectivity index (χ4n) is 3.79. The summed E-state index contributed by atoms with van der Waals surface area (Å²) in [5.74, 6) is 0.528. The van der Waals surface area contributed by atoms with Gasteiger partial charge in [-0.3, -0.25) is 4.79 Å². The third-order valence-electron chi connectivity index (χ3n) is 5.58. The van der Waals surface area contributed by atoms with Gasteiger partial charge in [-0.25, -0.2) is 0 Å². The summed E-state index contributed by atoms with van der Waals surface area (Å²) in [6.45, 7) is 5.62. The Kier molecular flexibility index (Phi) is 6.32. The molecular formula is C20H30N2O3. The highest BCUT2D eigenvalue weighted by atomic mass is 16.5. The van der Waals surface area contributed by atoms with Crippen molar-refractivity contribution in [1.29, 1.82) is 0 Å². The van der Waals surface area contributed by atoms with Crippen LogP contribution in [0.5, 0.6) is 0 Å². The largest absolute Gasteiger partial charge is 0.396 e. The fourth-order valence-corrected chi connectivity index (χ4v) is 3.79. The Morgan fingerprint density at radius 3 is 2.60 bits per heavy atom. The van der Waals surface area contributed by atoms with Gasteiger partial charge in [0.1, 0.15) is 0 Å². The van der Waals surface area contributed by atoms with E-state index < -0.39 is 0 Å². The Morgan fingerprint density at radius 2 is 1.96 bits per heavy atom. The lowest BCUT2D eigenvalue weighted by molar-refractivity contribution is -0.133. The minimum atomic E-state index is -0.0270. The van der Waals surface area contributed by atoms with Gasteiger partial charge in [0, 0.05) is 38.5 Å². The van der Waals surface area contributed by atoms with Crippen LogP contribution in [-0.2, 0) is 16.1 Å². The minimum Gasteiger partial charge on any atom is -0.396 e. The van der Waals surface area contributed by atoms with Gasteiger partial charge >= 0.3 is 0 Å². The second-order valence-corrected chi connectivity index (χ2v) is 7.32. The predicted octanol–water partition coefficient (Wildman–Crippen LogP) is 2.33. The molecule has 0 bridgehead atoms. The number of rotatable bonds is 5. The van der Waals surface area contributed by atoms with E-state index in [1.165, 1.54) is 5.69 Å². The quantitative estimate of drug-likeness (QED) is 0.859. The van der Waals surface area contributed by atoms with Gasteiger partial charge in [-0.15, -0.1) is 0 Å². The molecule has 0 aliphatic carbocycles. The van der Waals surface area contributed by atoms with Crippen LogP contribution >= 0.6 is 0 Å². The Balaban J connectivity index is 1.48. The van der Waals surface area contributed by atoms with Crippen LogP contribution < -0.4 is 10.2 Å². The van der Waals surface area contributed by atoms with E-state index in [0.29, 0.717) is 19.1 Å². The zero-order chi connectivity index (χ0) is 17.6. The molecule has 5 nitrogen and oxygen atoms in total. The average molecular weight is 346 g/mol. The number of aliphatic hydroxyl groups is 1. The monoisotopic (exact) mass is 346 g/mol. The van der Waals surface area contributed by atoms with E-state index in [9.17, 15) is 9.90 Å². The zero-order valence-electron chi connectivity index (χ0n) is 15.1. The molecule has 1 amide bonds. The van der Waals surface area contributed by atoms with Crippen molar-refractivity contribution in [3.63, 3.8) is 0 Å². The van der Waals surface area contributed by atoms with Crippen molar-refractivity contribution in [2.45, 2.75) is 45.3 Å². The van der Waals surface area contributed by atoms with Crippen molar-refractivity contribution < 1.29 is 14.6 Å². The first kappa shape index (κ1) is 18.2. The molecule has 3 rings (SSSR count). The Morgan fingerprint density at radius 1 is 1.24 bits per heavy atom. The van der Waals surface area contributed by atoms with E-state index >= 15 is 0 Å². The molecule has 2 saturated heterocycles. The second-order valence-electron chi connectivity index (χ2n) is 7.32. The van der Waals surface area contributed by atoms with Crippen LogP contribution in [0.2, 0.25) is 0 Å². The highest BCUT2D eigenvalue weighted by Crippen LogP contribution is 2.24. The molecule has 1 aromatic carbocycles. The first-order valence-electron chi connectivity index (χ1n) is 9.51. The molecule has 0 saturated carbocycles. The van der Waals surface area contributed by atoms with Crippen molar-refractivity contribution in [1.82, 2.24) is 5.32 Å². The van der Waals surface area contributed by atoms with Crippen molar-refractivity contribution in [3.8, 4) is 0 Å². The third-order valence-corrected chi connectivity index (χ3v) is 5.58. The molecule has 0 spiro atoms. The Labute approximate surface area is 150 Å². The van der Waals surface area contributed by atoms with Gasteiger partial charge in [0.2, 0.25) is 5.91 Å². The van der Waals surface area contributed by atoms with Crippen LogP contribution in [0.15, 0.2) is 24.3 Å². The molecule has 2 heterocycles. The number of carbonyl (C=O) groups excluding carboxylic acids is 1. The van der Waals surface area contributed by atoms with Crippen LogP contribution in [0.1, 0.15) is 38.2 Å². The van der Waals surface area contributed by atoms with Gasteiger partial charge in [0.15, 0.2) is 0 Å². The first-order valence-corrected chi connectivity index (χ1v) is 9.51. The Hall–Kier alpha value is -1.59. The summed E-state index contributed by atoms with van der Waals surface area (Å²) in [4.78, 5) is 14.7. The van der Waals surface area contributed by atoms with Crippen molar-refractivity contribution >= 4 is 11.6 Å². The van der Waals surface area contributed by atoms with Gasteiger partial charge in [-0.05, 0) is 56.2 Å². The average Bonchev–Trinajstić information content (AvgIpc) is 2.67. The van der Waals surface area contributed by atoms with Gasteiger partial charge in [0.25, 0.3) is 0 Å². The highest BCUT2D eigenvalue weighted by Gasteiger charge is 2.28. The van der Waals surface area contributed by atoms with Gasteiger partial charge in [0.05, 0.1) is 12.0 Å². The van der Waals surface area contributed by atoms with E-state index in [1.807, 2.05) is 6.92 Å². The summed E-state index contributed by atoms with van der Waals surface area (Å²) in [5.41, 5.74) is 2.34. The molecule has 138 valence electrons. The van der Waals surface area contributed by atoms with E-state index in [1.54, 1.807) is 0 Å². The fraction of sp³-hybridized carbons (Fsp3) is 0.650. The highest BCUT2D eigenvalue weighted by molar-refractivity contribution is 5.79. The standard InChI is InChI=1S/C20H30N2O3/c1-15-19(3-2-12-25-15)20(24)21-13-16-4-6-18(7-5-16)22-10-8-17(14-23)9-11-22/h4-7,15,17,19,23H,2-3,8-14H2,1H3,(H,21,24)/t15-,19-/m0/s1. The topological polar surface area (TPSA) is 61.8 Å². The summed E-state index contributed by atoms with van der Waals surface area (Å²) < 4.78 is 5.58. The molecule has 2 aliphatic rings. The van der Waals surface area contributed by atoms with Gasteiger partial charge in [-0.1, -0.05) is 12.1 Å².